The molecule has 6 nitrogen and oxygen atoms in total. The molecule has 2 heterocycles. The highest BCUT2D eigenvalue weighted by Crippen LogP contribution is 2.21. The maximum Gasteiger partial charge on any atom is 0.266 e. The van der Waals surface area contributed by atoms with E-state index in [1.54, 1.807) is 20.0 Å². The zero-order valence-corrected chi connectivity index (χ0v) is 11.3. The van der Waals surface area contributed by atoms with E-state index >= 15 is 0 Å². The molecule has 18 heavy (non-hydrogen) atoms. The lowest BCUT2D eigenvalue weighted by Gasteiger charge is -2.08. The van der Waals surface area contributed by atoms with Crippen LogP contribution in [0.15, 0.2) is 29.3 Å². The Labute approximate surface area is 110 Å². The summed E-state index contributed by atoms with van der Waals surface area (Å²) in [6.45, 7) is 1.77. The number of sulfonamides is 1. The third-order valence-corrected chi connectivity index (χ3v) is 4.05. The number of aryl methyl sites for hydroxylation is 2. The Bertz CT molecular complexity index is 681. The van der Waals surface area contributed by atoms with Gasteiger partial charge in [-0.05, 0) is 19.1 Å². The molecular weight excluding hydrogens is 276 g/mol. The number of anilines is 1. The Kier molecular flexibility index (Phi) is 3.27. The Morgan fingerprint density at radius 3 is 2.72 bits per heavy atom. The zero-order valence-electron chi connectivity index (χ0n) is 9.75. The molecule has 96 valence electrons. The van der Waals surface area contributed by atoms with Gasteiger partial charge in [-0.3, -0.25) is 9.40 Å². The zero-order chi connectivity index (χ0) is 13.3. The van der Waals surface area contributed by atoms with Crippen LogP contribution in [0.4, 0.5) is 5.82 Å². The van der Waals surface area contributed by atoms with E-state index in [9.17, 15) is 8.42 Å². The lowest BCUT2D eigenvalue weighted by molar-refractivity contribution is 0.600. The summed E-state index contributed by atoms with van der Waals surface area (Å²) >= 11 is 5.77. The van der Waals surface area contributed by atoms with E-state index in [1.807, 2.05) is 0 Å². The van der Waals surface area contributed by atoms with Gasteiger partial charge in [-0.1, -0.05) is 11.6 Å². The van der Waals surface area contributed by atoms with E-state index in [4.69, 9.17) is 11.6 Å². The number of nitrogens with one attached hydrogen (secondary N) is 1. The second-order valence-electron chi connectivity index (χ2n) is 3.69. The molecule has 0 aliphatic rings. The number of hydrogen-bond donors (Lipinski definition) is 1. The predicted octanol–water partition coefficient (Wildman–Crippen LogP) is 1.58. The van der Waals surface area contributed by atoms with E-state index in [2.05, 4.69) is 14.8 Å². The van der Waals surface area contributed by atoms with Crippen molar-refractivity contribution in [3.05, 3.63) is 35.2 Å². The summed E-state index contributed by atoms with van der Waals surface area (Å²) in [5.74, 6) is 0.368. The largest absolute Gasteiger partial charge is 0.266 e. The smallest absolute Gasteiger partial charge is 0.263 e. The van der Waals surface area contributed by atoms with Gasteiger partial charge in [0.2, 0.25) is 0 Å². The van der Waals surface area contributed by atoms with Crippen LogP contribution in [0.3, 0.4) is 0 Å². The summed E-state index contributed by atoms with van der Waals surface area (Å²) in [5, 5.41) is 3.99. The summed E-state index contributed by atoms with van der Waals surface area (Å²) in [7, 11) is -2.11. The van der Waals surface area contributed by atoms with Crippen molar-refractivity contribution in [3.8, 4) is 0 Å². The van der Waals surface area contributed by atoms with Crippen molar-refractivity contribution in [2.75, 3.05) is 4.72 Å². The number of aromatic nitrogens is 3. The summed E-state index contributed by atoms with van der Waals surface area (Å²) in [6.07, 6.45) is 1.43. The van der Waals surface area contributed by atoms with Crippen LogP contribution in [0, 0.1) is 6.92 Å². The molecule has 0 fully saturated rings. The molecule has 0 aliphatic heterocycles. The van der Waals surface area contributed by atoms with Gasteiger partial charge in [-0.15, -0.1) is 0 Å². The van der Waals surface area contributed by atoms with Crippen molar-refractivity contribution in [2.45, 2.75) is 11.8 Å². The molecule has 2 rings (SSSR count). The van der Waals surface area contributed by atoms with Crippen LogP contribution in [0.25, 0.3) is 0 Å². The minimum absolute atomic E-state index is 0.0643. The van der Waals surface area contributed by atoms with Gasteiger partial charge in [0.05, 0.1) is 5.69 Å². The predicted molar refractivity (Wildman–Crippen MR) is 68.0 cm³/mol. The summed E-state index contributed by atoms with van der Waals surface area (Å²) in [4.78, 5) is 3.67. The maximum absolute atomic E-state index is 12.1. The molecule has 0 atom stereocenters. The van der Waals surface area contributed by atoms with E-state index < -0.39 is 10.0 Å². The molecule has 0 saturated heterocycles. The average molecular weight is 287 g/mol. The third kappa shape index (κ3) is 2.46. The third-order valence-electron chi connectivity index (χ3n) is 2.26. The van der Waals surface area contributed by atoms with Crippen LogP contribution >= 0.6 is 11.6 Å². The van der Waals surface area contributed by atoms with Crippen molar-refractivity contribution >= 4 is 27.4 Å². The molecule has 0 radical (unpaired) electrons. The first-order valence-electron chi connectivity index (χ1n) is 5.04. The van der Waals surface area contributed by atoms with Gasteiger partial charge in [0.25, 0.3) is 10.0 Å². The van der Waals surface area contributed by atoms with E-state index in [-0.39, 0.29) is 10.0 Å². The fourth-order valence-electron chi connectivity index (χ4n) is 1.47. The topological polar surface area (TPSA) is 76.9 Å². The van der Waals surface area contributed by atoms with Crippen molar-refractivity contribution in [3.63, 3.8) is 0 Å². The first-order chi connectivity index (χ1) is 8.40. The van der Waals surface area contributed by atoms with E-state index in [1.165, 1.54) is 23.0 Å². The average Bonchev–Trinajstić information content (AvgIpc) is 2.57. The first-order valence-corrected chi connectivity index (χ1v) is 6.90. The lowest BCUT2D eigenvalue weighted by atomic mass is 10.5. The molecule has 0 aromatic carbocycles. The quantitative estimate of drug-likeness (QED) is 0.869. The van der Waals surface area contributed by atoms with Crippen molar-refractivity contribution in [1.82, 2.24) is 14.8 Å². The fourth-order valence-corrected chi connectivity index (χ4v) is 3.00. The fraction of sp³-hybridized carbons (Fsp3) is 0.200. The first kappa shape index (κ1) is 12.8. The second-order valence-corrected chi connectivity index (χ2v) is 5.70. The van der Waals surface area contributed by atoms with Gasteiger partial charge in [0.15, 0.2) is 0 Å². The number of pyridine rings is 1. The van der Waals surface area contributed by atoms with E-state index in [0.29, 0.717) is 11.5 Å². The monoisotopic (exact) mass is 286 g/mol. The highest BCUT2D eigenvalue weighted by atomic mass is 35.5. The Morgan fingerprint density at radius 2 is 2.17 bits per heavy atom. The van der Waals surface area contributed by atoms with Crippen LogP contribution in [0.2, 0.25) is 5.15 Å². The van der Waals surface area contributed by atoms with Crippen molar-refractivity contribution < 1.29 is 8.42 Å². The maximum atomic E-state index is 12.1. The molecule has 2 aromatic rings. The number of hydrogen-bond acceptors (Lipinski definition) is 4. The molecule has 2 aromatic heterocycles. The number of nitrogens with zero attached hydrogens (tertiary/aromatic N) is 3. The van der Waals surface area contributed by atoms with Crippen LogP contribution < -0.4 is 4.72 Å². The van der Waals surface area contributed by atoms with E-state index in [0.717, 1.165) is 0 Å². The number of rotatable bonds is 3. The molecular formula is C10H11ClN4O2S. The highest BCUT2D eigenvalue weighted by Gasteiger charge is 2.19. The van der Waals surface area contributed by atoms with Gasteiger partial charge in [0.1, 0.15) is 15.9 Å². The second kappa shape index (κ2) is 4.58. The minimum atomic E-state index is -3.76. The van der Waals surface area contributed by atoms with Gasteiger partial charge >= 0.3 is 0 Å². The molecule has 0 saturated carbocycles. The molecule has 1 N–H and O–H groups in total. The van der Waals surface area contributed by atoms with Crippen LogP contribution in [-0.4, -0.2) is 23.2 Å². The molecule has 0 aliphatic carbocycles. The Hall–Kier alpha value is -1.60. The SMILES string of the molecule is Cc1cc(NS(=O)(=O)c2cccnc2Cl)n(C)n1. The normalized spacial score (nSPS) is 11.5. The lowest BCUT2D eigenvalue weighted by Crippen LogP contribution is -2.16. The summed E-state index contributed by atoms with van der Waals surface area (Å²) in [5.41, 5.74) is 0.715. The van der Waals surface area contributed by atoms with Crippen molar-refractivity contribution in [1.29, 1.82) is 0 Å². The highest BCUT2D eigenvalue weighted by molar-refractivity contribution is 7.92. The van der Waals surface area contributed by atoms with Crippen LogP contribution in [0.1, 0.15) is 5.69 Å². The summed E-state index contributed by atoms with van der Waals surface area (Å²) in [6, 6.07) is 4.53. The Morgan fingerprint density at radius 1 is 1.44 bits per heavy atom. The van der Waals surface area contributed by atoms with Crippen LogP contribution in [-0.2, 0) is 17.1 Å². The Balaban J connectivity index is 2.39. The van der Waals surface area contributed by atoms with Gasteiger partial charge in [-0.2, -0.15) is 5.10 Å². The molecule has 0 bridgehead atoms. The molecule has 0 spiro atoms. The minimum Gasteiger partial charge on any atom is -0.263 e. The van der Waals surface area contributed by atoms with Crippen LogP contribution in [0.5, 0.6) is 0 Å². The van der Waals surface area contributed by atoms with Gasteiger partial charge in [0, 0.05) is 19.3 Å². The number of halogens is 1. The molecule has 0 amide bonds. The standard InChI is InChI=1S/C10H11ClN4O2S/c1-7-6-9(15(2)13-7)14-18(16,17)8-4-3-5-12-10(8)11/h3-6,14H,1-2H3. The van der Waals surface area contributed by atoms with Crippen molar-refractivity contribution in [2.24, 2.45) is 7.05 Å². The molecule has 8 heteroatoms. The molecule has 0 unspecified atom stereocenters. The van der Waals surface area contributed by atoms with Gasteiger partial charge < -0.3 is 0 Å². The summed E-state index contributed by atoms with van der Waals surface area (Å²) < 4.78 is 28.1. The van der Waals surface area contributed by atoms with Gasteiger partial charge in [-0.25, -0.2) is 13.4 Å².